The smallest absolute Gasteiger partial charge is 0.265 e. The fourth-order valence-corrected chi connectivity index (χ4v) is 4.10. The van der Waals surface area contributed by atoms with Crippen LogP contribution in [0.1, 0.15) is 40.7 Å². The van der Waals surface area contributed by atoms with Gasteiger partial charge < -0.3 is 10.6 Å². The highest BCUT2D eigenvalue weighted by molar-refractivity contribution is 7.17. The Hall–Kier alpha value is -1.95. The second-order valence-corrected chi connectivity index (χ2v) is 7.28. The maximum atomic E-state index is 13.0. The minimum atomic E-state index is -0.199. The molecule has 128 valence electrons. The number of carbonyl (C=O) groups is 1. The van der Waals surface area contributed by atoms with Gasteiger partial charge in [-0.2, -0.15) is 0 Å². The average molecular weight is 347 g/mol. The molecule has 1 aromatic carbocycles. The van der Waals surface area contributed by atoms with Crippen LogP contribution in [0.5, 0.6) is 0 Å². The molecule has 3 rings (SSSR count). The van der Waals surface area contributed by atoms with E-state index in [2.05, 4.69) is 4.98 Å². The van der Waals surface area contributed by atoms with Gasteiger partial charge in [0.25, 0.3) is 5.91 Å². The molecule has 0 atom stereocenters. The molecule has 0 spiro atoms. The number of nitrogen functional groups attached to an aromatic ring is 1. The van der Waals surface area contributed by atoms with Gasteiger partial charge in [-0.15, -0.1) is 0 Å². The first-order valence-electron chi connectivity index (χ1n) is 8.35. The summed E-state index contributed by atoms with van der Waals surface area (Å²) in [4.78, 5) is 19.5. The van der Waals surface area contributed by atoms with E-state index in [0.29, 0.717) is 15.9 Å². The van der Waals surface area contributed by atoms with E-state index in [1.165, 1.54) is 23.5 Å². The molecule has 0 bridgehead atoms. The molecule has 1 fully saturated rings. The van der Waals surface area contributed by atoms with Crippen molar-refractivity contribution in [2.45, 2.75) is 32.6 Å². The van der Waals surface area contributed by atoms with E-state index in [0.717, 1.165) is 50.0 Å². The Morgan fingerprint density at radius 3 is 2.62 bits per heavy atom. The number of aryl methyl sites for hydroxylation is 1. The lowest BCUT2D eigenvalue weighted by Gasteiger charge is -2.32. The molecule has 1 aliphatic heterocycles. The van der Waals surface area contributed by atoms with Gasteiger partial charge >= 0.3 is 0 Å². The minimum Gasteiger partial charge on any atom is -0.375 e. The number of thiazole rings is 1. The second kappa shape index (κ2) is 7.30. The van der Waals surface area contributed by atoms with E-state index >= 15 is 0 Å². The number of aromatic nitrogens is 1. The summed E-state index contributed by atoms with van der Waals surface area (Å²) in [7, 11) is 0. The van der Waals surface area contributed by atoms with Crippen molar-refractivity contribution in [2.75, 3.05) is 18.8 Å². The highest BCUT2D eigenvalue weighted by Gasteiger charge is 2.26. The first-order valence-corrected chi connectivity index (χ1v) is 9.17. The lowest BCUT2D eigenvalue weighted by Crippen LogP contribution is -2.38. The summed E-state index contributed by atoms with van der Waals surface area (Å²) in [5.41, 5.74) is 7.71. The summed E-state index contributed by atoms with van der Waals surface area (Å²) in [6, 6.07) is 6.71. The SMILES string of the molecule is CCc1nc(N)sc1C(=O)N1CCC(Cc2ccc(F)cc2)CC1. The lowest BCUT2D eigenvalue weighted by molar-refractivity contribution is 0.0694. The van der Waals surface area contributed by atoms with Crippen LogP contribution in [0.4, 0.5) is 9.52 Å². The second-order valence-electron chi connectivity index (χ2n) is 6.25. The third-order valence-electron chi connectivity index (χ3n) is 4.58. The molecule has 4 nitrogen and oxygen atoms in total. The summed E-state index contributed by atoms with van der Waals surface area (Å²) in [6.45, 7) is 3.50. The van der Waals surface area contributed by atoms with Gasteiger partial charge in [-0.1, -0.05) is 30.4 Å². The predicted octanol–water partition coefficient (Wildman–Crippen LogP) is 3.52. The van der Waals surface area contributed by atoms with Gasteiger partial charge in [0, 0.05) is 13.1 Å². The number of hydrogen-bond donors (Lipinski definition) is 1. The maximum absolute atomic E-state index is 13.0. The van der Waals surface area contributed by atoms with Crippen molar-refractivity contribution < 1.29 is 9.18 Å². The van der Waals surface area contributed by atoms with Gasteiger partial charge in [-0.25, -0.2) is 9.37 Å². The topological polar surface area (TPSA) is 59.2 Å². The largest absolute Gasteiger partial charge is 0.375 e. The molecule has 2 heterocycles. The Labute approximate surface area is 145 Å². The Morgan fingerprint density at radius 1 is 1.33 bits per heavy atom. The molecule has 24 heavy (non-hydrogen) atoms. The van der Waals surface area contributed by atoms with Crippen LogP contribution < -0.4 is 5.73 Å². The zero-order chi connectivity index (χ0) is 17.1. The number of carbonyl (C=O) groups excluding carboxylic acids is 1. The van der Waals surface area contributed by atoms with Crippen molar-refractivity contribution in [2.24, 2.45) is 5.92 Å². The van der Waals surface area contributed by atoms with Crippen LogP contribution in [-0.2, 0) is 12.8 Å². The number of halogens is 1. The first-order chi connectivity index (χ1) is 11.6. The molecule has 6 heteroatoms. The highest BCUT2D eigenvalue weighted by atomic mass is 32.1. The van der Waals surface area contributed by atoms with Gasteiger partial charge in [0.15, 0.2) is 5.13 Å². The van der Waals surface area contributed by atoms with Crippen molar-refractivity contribution in [1.82, 2.24) is 9.88 Å². The number of hydrogen-bond acceptors (Lipinski definition) is 4. The summed E-state index contributed by atoms with van der Waals surface area (Å²) in [5, 5.41) is 0.460. The molecule has 1 amide bonds. The van der Waals surface area contributed by atoms with Crippen molar-refractivity contribution in [1.29, 1.82) is 0 Å². The fourth-order valence-electron chi connectivity index (χ4n) is 3.21. The van der Waals surface area contributed by atoms with E-state index < -0.39 is 0 Å². The molecule has 0 unspecified atom stereocenters. The molecule has 0 aliphatic carbocycles. The molecule has 1 saturated heterocycles. The fraction of sp³-hybridized carbons (Fsp3) is 0.444. The van der Waals surface area contributed by atoms with Crippen molar-refractivity contribution >= 4 is 22.4 Å². The van der Waals surface area contributed by atoms with Crippen LogP contribution >= 0.6 is 11.3 Å². The summed E-state index contributed by atoms with van der Waals surface area (Å²) < 4.78 is 13.0. The molecule has 0 saturated carbocycles. The van der Waals surface area contributed by atoms with E-state index in [1.807, 2.05) is 24.0 Å². The quantitative estimate of drug-likeness (QED) is 0.920. The summed E-state index contributed by atoms with van der Waals surface area (Å²) in [6.07, 6.45) is 3.60. The van der Waals surface area contributed by atoms with Gasteiger partial charge in [0.2, 0.25) is 0 Å². The number of rotatable bonds is 4. The van der Waals surface area contributed by atoms with Gasteiger partial charge in [0.1, 0.15) is 10.7 Å². The molecule has 0 radical (unpaired) electrons. The van der Waals surface area contributed by atoms with E-state index in [9.17, 15) is 9.18 Å². The maximum Gasteiger partial charge on any atom is 0.265 e. The molecular formula is C18H22FN3OS. The molecular weight excluding hydrogens is 325 g/mol. The Balaban J connectivity index is 1.58. The van der Waals surface area contributed by atoms with E-state index in [1.54, 1.807) is 0 Å². The number of likely N-dealkylation sites (tertiary alicyclic amines) is 1. The predicted molar refractivity (Wildman–Crippen MR) is 94.6 cm³/mol. The zero-order valence-electron chi connectivity index (χ0n) is 13.8. The van der Waals surface area contributed by atoms with E-state index in [4.69, 9.17) is 5.73 Å². The van der Waals surface area contributed by atoms with Gasteiger partial charge in [-0.3, -0.25) is 4.79 Å². The third-order valence-corrected chi connectivity index (χ3v) is 5.50. The van der Waals surface area contributed by atoms with Gasteiger partial charge in [-0.05, 0) is 49.3 Å². The molecule has 2 aromatic rings. The number of amides is 1. The third kappa shape index (κ3) is 3.75. The number of anilines is 1. The van der Waals surface area contributed by atoms with Crippen LogP contribution in [0.3, 0.4) is 0 Å². The molecule has 1 aliphatic rings. The number of benzene rings is 1. The summed E-state index contributed by atoms with van der Waals surface area (Å²) in [5.74, 6) is 0.396. The number of piperidine rings is 1. The summed E-state index contributed by atoms with van der Waals surface area (Å²) >= 11 is 1.29. The van der Waals surface area contributed by atoms with Crippen molar-refractivity contribution in [3.63, 3.8) is 0 Å². The highest BCUT2D eigenvalue weighted by Crippen LogP contribution is 2.27. The van der Waals surface area contributed by atoms with Crippen LogP contribution in [-0.4, -0.2) is 28.9 Å². The normalized spacial score (nSPS) is 15.7. The zero-order valence-corrected chi connectivity index (χ0v) is 14.6. The standard InChI is InChI=1S/C18H22FN3OS/c1-2-15-16(24-18(20)21-15)17(23)22-9-7-13(8-10-22)11-12-3-5-14(19)6-4-12/h3-6,13H,2,7-11H2,1H3,(H2,20,21). The molecule has 1 aromatic heterocycles. The molecule has 2 N–H and O–H groups in total. The van der Waals surface area contributed by atoms with E-state index in [-0.39, 0.29) is 11.7 Å². The van der Waals surface area contributed by atoms with Gasteiger partial charge in [0.05, 0.1) is 5.69 Å². The van der Waals surface area contributed by atoms with Crippen molar-refractivity contribution in [3.05, 3.63) is 46.2 Å². The number of nitrogens with zero attached hydrogens (tertiary/aromatic N) is 2. The average Bonchev–Trinajstić information content (AvgIpc) is 2.98. The van der Waals surface area contributed by atoms with Crippen LogP contribution in [0.25, 0.3) is 0 Å². The van der Waals surface area contributed by atoms with Crippen LogP contribution in [0, 0.1) is 11.7 Å². The van der Waals surface area contributed by atoms with Crippen molar-refractivity contribution in [3.8, 4) is 0 Å². The number of nitrogens with two attached hydrogens (primary N) is 1. The minimum absolute atomic E-state index is 0.0567. The first kappa shape index (κ1) is 16.9. The van der Waals surface area contributed by atoms with Crippen LogP contribution in [0.15, 0.2) is 24.3 Å². The van der Waals surface area contributed by atoms with Crippen LogP contribution in [0.2, 0.25) is 0 Å². The Morgan fingerprint density at radius 2 is 2.00 bits per heavy atom. The monoisotopic (exact) mass is 347 g/mol. The lowest BCUT2D eigenvalue weighted by atomic mass is 9.90. The Kier molecular flexibility index (Phi) is 5.14. The Bertz CT molecular complexity index is 706.